The Morgan fingerprint density at radius 3 is 2.45 bits per heavy atom. The fraction of sp³-hybridized carbons (Fsp3) is 0. The van der Waals surface area contributed by atoms with Crippen LogP contribution in [0.25, 0.3) is 43.1 Å². The Labute approximate surface area is 116 Å². The Morgan fingerprint density at radius 2 is 1.45 bits per heavy atom. The number of hydrogen-bond donors (Lipinski definition) is 0. The first-order valence-corrected chi connectivity index (χ1v) is 6.89. The molecule has 0 fully saturated rings. The van der Waals surface area contributed by atoms with Gasteiger partial charge in [-0.25, -0.2) is 0 Å². The standard InChI is InChI=1S/C20H11/c1-2-7-17-15(4-1)12-16-9-8-13-5-3-6-14-10-11-18(17)20(16)19(13)14/h1-9,11-12H. The number of fused-ring (bicyclic) bond motifs is 2. The van der Waals surface area contributed by atoms with Gasteiger partial charge in [-0.3, -0.25) is 0 Å². The molecule has 1 radical (unpaired) electrons. The number of hydrogen-bond acceptors (Lipinski definition) is 0. The molecule has 5 aromatic rings. The van der Waals surface area contributed by atoms with Gasteiger partial charge in [-0.15, -0.1) is 0 Å². The van der Waals surface area contributed by atoms with Crippen LogP contribution in [0.15, 0.2) is 66.7 Å². The van der Waals surface area contributed by atoms with Crippen molar-refractivity contribution in [2.45, 2.75) is 0 Å². The van der Waals surface area contributed by atoms with Crippen molar-refractivity contribution in [3.05, 3.63) is 72.8 Å². The average Bonchev–Trinajstić information content (AvgIpc) is 2.52. The largest absolute Gasteiger partial charge is 0.0616 e. The highest BCUT2D eigenvalue weighted by molar-refractivity contribution is 6.28. The van der Waals surface area contributed by atoms with Crippen LogP contribution >= 0.6 is 0 Å². The molecule has 0 spiro atoms. The second-order valence-electron chi connectivity index (χ2n) is 5.37. The van der Waals surface area contributed by atoms with E-state index in [1.54, 1.807) is 0 Å². The van der Waals surface area contributed by atoms with Crippen LogP contribution in [0.3, 0.4) is 0 Å². The molecule has 91 valence electrons. The topological polar surface area (TPSA) is 0 Å². The van der Waals surface area contributed by atoms with Crippen molar-refractivity contribution < 1.29 is 0 Å². The monoisotopic (exact) mass is 251 g/mol. The lowest BCUT2D eigenvalue weighted by Crippen LogP contribution is -1.85. The highest BCUT2D eigenvalue weighted by Gasteiger charge is 2.10. The average molecular weight is 251 g/mol. The van der Waals surface area contributed by atoms with Crippen LogP contribution in [-0.2, 0) is 0 Å². The van der Waals surface area contributed by atoms with Gasteiger partial charge in [0, 0.05) is 0 Å². The minimum atomic E-state index is 1.20. The predicted molar refractivity (Wildman–Crippen MR) is 86.5 cm³/mol. The predicted octanol–water partition coefficient (Wildman–Crippen LogP) is 5.54. The van der Waals surface area contributed by atoms with Crippen molar-refractivity contribution in [2.75, 3.05) is 0 Å². The van der Waals surface area contributed by atoms with E-state index in [4.69, 9.17) is 0 Å². The Kier molecular flexibility index (Phi) is 1.78. The van der Waals surface area contributed by atoms with Gasteiger partial charge in [0.05, 0.1) is 0 Å². The van der Waals surface area contributed by atoms with Gasteiger partial charge in [0.1, 0.15) is 0 Å². The van der Waals surface area contributed by atoms with Crippen molar-refractivity contribution in [3.63, 3.8) is 0 Å². The highest BCUT2D eigenvalue weighted by Crippen LogP contribution is 2.37. The van der Waals surface area contributed by atoms with Crippen LogP contribution in [-0.4, -0.2) is 0 Å². The molecule has 0 heterocycles. The van der Waals surface area contributed by atoms with Gasteiger partial charge in [0.15, 0.2) is 0 Å². The van der Waals surface area contributed by atoms with E-state index in [2.05, 4.69) is 72.8 Å². The van der Waals surface area contributed by atoms with E-state index in [9.17, 15) is 0 Å². The SMILES string of the molecule is [c]1cc2c3ccccc3cc3ccc4cccc1c4c32. The summed E-state index contributed by atoms with van der Waals surface area (Å²) < 4.78 is 0. The third kappa shape index (κ3) is 1.16. The maximum Gasteiger partial charge on any atom is -0.00199 e. The van der Waals surface area contributed by atoms with Gasteiger partial charge in [-0.2, -0.15) is 0 Å². The minimum Gasteiger partial charge on any atom is -0.0616 e. The lowest BCUT2D eigenvalue weighted by atomic mass is 9.91. The zero-order valence-corrected chi connectivity index (χ0v) is 10.9. The van der Waals surface area contributed by atoms with Crippen LogP contribution in [0, 0.1) is 6.07 Å². The van der Waals surface area contributed by atoms with Gasteiger partial charge < -0.3 is 0 Å². The molecule has 0 aliphatic heterocycles. The van der Waals surface area contributed by atoms with Crippen molar-refractivity contribution in [2.24, 2.45) is 0 Å². The molecule has 0 bridgehead atoms. The fourth-order valence-electron chi connectivity index (χ4n) is 3.40. The molecular formula is C20H11. The first kappa shape index (κ1) is 10.2. The molecule has 20 heavy (non-hydrogen) atoms. The van der Waals surface area contributed by atoms with E-state index >= 15 is 0 Å². The van der Waals surface area contributed by atoms with E-state index in [0.717, 1.165) is 0 Å². The van der Waals surface area contributed by atoms with Crippen LogP contribution in [0.2, 0.25) is 0 Å². The van der Waals surface area contributed by atoms with Gasteiger partial charge in [0.25, 0.3) is 0 Å². The van der Waals surface area contributed by atoms with Crippen molar-refractivity contribution in [1.82, 2.24) is 0 Å². The van der Waals surface area contributed by atoms with Gasteiger partial charge >= 0.3 is 0 Å². The zero-order chi connectivity index (χ0) is 13.1. The molecule has 0 aromatic heterocycles. The third-order valence-electron chi connectivity index (χ3n) is 4.28. The van der Waals surface area contributed by atoms with E-state index in [1.165, 1.54) is 43.1 Å². The molecule has 0 saturated heterocycles. The summed E-state index contributed by atoms with van der Waals surface area (Å²) in [5.74, 6) is 0. The lowest BCUT2D eigenvalue weighted by molar-refractivity contribution is 1.78. The Hall–Kier alpha value is -2.60. The molecule has 0 aliphatic rings. The summed E-state index contributed by atoms with van der Waals surface area (Å²) in [6.45, 7) is 0. The molecule has 5 rings (SSSR count). The van der Waals surface area contributed by atoms with E-state index in [1.807, 2.05) is 0 Å². The molecule has 0 amide bonds. The number of benzene rings is 5. The molecule has 5 aromatic carbocycles. The molecule has 0 aliphatic carbocycles. The third-order valence-corrected chi connectivity index (χ3v) is 4.28. The fourth-order valence-corrected chi connectivity index (χ4v) is 3.40. The zero-order valence-electron chi connectivity index (χ0n) is 10.9. The lowest BCUT2D eigenvalue weighted by Gasteiger charge is -2.12. The molecular weight excluding hydrogens is 240 g/mol. The second kappa shape index (κ2) is 3.49. The maximum absolute atomic E-state index is 3.45. The normalized spacial score (nSPS) is 12.0. The van der Waals surface area contributed by atoms with Gasteiger partial charge in [0.2, 0.25) is 0 Å². The van der Waals surface area contributed by atoms with Crippen LogP contribution in [0.1, 0.15) is 0 Å². The smallest absolute Gasteiger partial charge is 0.00199 e. The molecule has 0 unspecified atom stereocenters. The van der Waals surface area contributed by atoms with Crippen LogP contribution in [0.4, 0.5) is 0 Å². The van der Waals surface area contributed by atoms with E-state index < -0.39 is 0 Å². The Bertz CT molecular complexity index is 1070. The number of rotatable bonds is 0. The summed E-state index contributed by atoms with van der Waals surface area (Å²) in [5, 5.41) is 10.5. The first-order valence-electron chi connectivity index (χ1n) is 6.89. The summed E-state index contributed by atoms with van der Waals surface area (Å²) in [6, 6.07) is 27.4. The minimum absolute atomic E-state index is 1.20. The second-order valence-corrected chi connectivity index (χ2v) is 5.37. The summed E-state index contributed by atoms with van der Waals surface area (Å²) in [4.78, 5) is 0. The summed E-state index contributed by atoms with van der Waals surface area (Å²) in [7, 11) is 0. The summed E-state index contributed by atoms with van der Waals surface area (Å²) in [5.41, 5.74) is 0. The van der Waals surface area contributed by atoms with Crippen molar-refractivity contribution >= 4 is 43.1 Å². The van der Waals surface area contributed by atoms with Gasteiger partial charge in [-0.05, 0) is 61.3 Å². The Morgan fingerprint density at radius 1 is 0.600 bits per heavy atom. The highest BCUT2D eigenvalue weighted by atomic mass is 14.1. The van der Waals surface area contributed by atoms with E-state index in [-0.39, 0.29) is 0 Å². The first-order chi connectivity index (χ1) is 9.92. The molecule has 0 N–H and O–H groups in total. The Balaban J connectivity index is 2.23. The maximum atomic E-state index is 3.45. The molecule has 0 nitrogen and oxygen atoms in total. The quantitative estimate of drug-likeness (QED) is 0.250. The van der Waals surface area contributed by atoms with Crippen molar-refractivity contribution in [1.29, 1.82) is 0 Å². The van der Waals surface area contributed by atoms with E-state index in [0.29, 0.717) is 0 Å². The van der Waals surface area contributed by atoms with Crippen LogP contribution in [0.5, 0.6) is 0 Å². The van der Waals surface area contributed by atoms with Gasteiger partial charge in [-0.1, -0.05) is 54.6 Å². The summed E-state index contributed by atoms with van der Waals surface area (Å²) in [6.07, 6.45) is 0. The van der Waals surface area contributed by atoms with Crippen LogP contribution < -0.4 is 0 Å². The molecule has 0 atom stereocenters. The van der Waals surface area contributed by atoms with Crippen molar-refractivity contribution in [3.8, 4) is 0 Å². The summed E-state index contributed by atoms with van der Waals surface area (Å²) >= 11 is 0. The molecule has 0 saturated carbocycles. The molecule has 0 heteroatoms.